The predicted molar refractivity (Wildman–Crippen MR) is 88.4 cm³/mol. The lowest BCUT2D eigenvalue weighted by Gasteiger charge is -2.00. The van der Waals surface area contributed by atoms with Crippen LogP contribution in [0.15, 0.2) is 23.2 Å². The summed E-state index contributed by atoms with van der Waals surface area (Å²) in [6.45, 7) is 3.05. The molecule has 0 radical (unpaired) electrons. The number of carbonyl (C=O) groups excluding carboxylic acids is 2. The van der Waals surface area contributed by atoms with Crippen molar-refractivity contribution in [1.82, 2.24) is 4.57 Å². The minimum Gasteiger partial charge on any atom is -0.305 e. The Bertz CT molecular complexity index is 1000. The molecule has 0 fully saturated rings. The fourth-order valence-electron chi connectivity index (χ4n) is 1.91. The Labute approximate surface area is 137 Å². The molecule has 0 N–H and O–H groups in total. The summed E-state index contributed by atoms with van der Waals surface area (Å²) < 4.78 is 25.5. The molecule has 6 nitrogen and oxygen atoms in total. The fourth-order valence-corrected chi connectivity index (χ4v) is 3.65. The van der Waals surface area contributed by atoms with E-state index in [4.69, 9.17) is 6.42 Å². The number of fused-ring (bicyclic) bond motifs is 1. The SMILES string of the molecule is C#CCn1c(=NC(=O)CS(=O)(=O)C(C)=O)sc2cc(C)ccc21. The molecule has 2 aromatic rings. The molecule has 0 saturated heterocycles. The van der Waals surface area contributed by atoms with Gasteiger partial charge in [0.25, 0.3) is 5.91 Å². The summed E-state index contributed by atoms with van der Waals surface area (Å²) >= 11 is 1.24. The summed E-state index contributed by atoms with van der Waals surface area (Å²) in [5.41, 5.74) is 1.86. The molecule has 0 atom stereocenters. The van der Waals surface area contributed by atoms with E-state index >= 15 is 0 Å². The summed E-state index contributed by atoms with van der Waals surface area (Å²) in [4.78, 5) is 27.0. The highest BCUT2D eigenvalue weighted by Crippen LogP contribution is 2.18. The Hall–Kier alpha value is -2.24. The number of terminal acetylenes is 1. The van der Waals surface area contributed by atoms with Gasteiger partial charge in [0.1, 0.15) is 5.75 Å². The lowest BCUT2D eigenvalue weighted by molar-refractivity contribution is -0.116. The van der Waals surface area contributed by atoms with E-state index < -0.39 is 26.6 Å². The Balaban J connectivity index is 2.54. The van der Waals surface area contributed by atoms with Crippen LogP contribution in [-0.4, -0.2) is 29.8 Å². The van der Waals surface area contributed by atoms with E-state index in [-0.39, 0.29) is 6.54 Å². The maximum atomic E-state index is 11.9. The van der Waals surface area contributed by atoms with Crippen LogP contribution in [0.4, 0.5) is 0 Å². The minimum atomic E-state index is -4.11. The highest BCUT2D eigenvalue weighted by atomic mass is 32.2. The zero-order valence-electron chi connectivity index (χ0n) is 12.6. The maximum absolute atomic E-state index is 11.9. The van der Waals surface area contributed by atoms with Gasteiger partial charge in [-0.15, -0.1) is 6.42 Å². The van der Waals surface area contributed by atoms with Gasteiger partial charge in [0.15, 0.2) is 4.80 Å². The third kappa shape index (κ3) is 3.75. The van der Waals surface area contributed by atoms with Crippen LogP contribution in [-0.2, 0) is 26.0 Å². The molecule has 1 aromatic carbocycles. The zero-order chi connectivity index (χ0) is 17.2. The van der Waals surface area contributed by atoms with Crippen LogP contribution < -0.4 is 4.80 Å². The maximum Gasteiger partial charge on any atom is 0.264 e. The molecule has 23 heavy (non-hydrogen) atoms. The fraction of sp³-hybridized carbons (Fsp3) is 0.267. The average molecular weight is 350 g/mol. The molecule has 0 saturated carbocycles. The van der Waals surface area contributed by atoms with Crippen molar-refractivity contribution >= 4 is 42.4 Å². The Morgan fingerprint density at radius 1 is 1.39 bits per heavy atom. The average Bonchev–Trinajstić information content (AvgIpc) is 2.75. The topological polar surface area (TPSA) is 85.6 Å². The minimum absolute atomic E-state index is 0.203. The van der Waals surface area contributed by atoms with Crippen molar-refractivity contribution < 1.29 is 18.0 Å². The van der Waals surface area contributed by atoms with Gasteiger partial charge in [0, 0.05) is 6.92 Å². The summed E-state index contributed by atoms with van der Waals surface area (Å²) in [7, 11) is -4.11. The second-order valence-corrected chi connectivity index (χ2v) is 8.00. The van der Waals surface area contributed by atoms with Crippen molar-refractivity contribution in [1.29, 1.82) is 0 Å². The van der Waals surface area contributed by atoms with E-state index in [0.717, 1.165) is 22.7 Å². The summed E-state index contributed by atoms with van der Waals surface area (Å²) in [5.74, 6) is 0.650. The van der Waals surface area contributed by atoms with Gasteiger partial charge >= 0.3 is 0 Å². The highest BCUT2D eigenvalue weighted by Gasteiger charge is 2.21. The van der Waals surface area contributed by atoms with E-state index in [2.05, 4.69) is 10.9 Å². The molecular weight excluding hydrogens is 336 g/mol. The first-order valence-electron chi connectivity index (χ1n) is 6.59. The van der Waals surface area contributed by atoms with E-state index in [1.165, 1.54) is 11.3 Å². The molecule has 0 unspecified atom stereocenters. The standard InChI is InChI=1S/C15H14N2O4S2/c1-4-7-17-12-6-5-10(2)8-13(12)22-15(17)16-14(19)9-23(20,21)11(3)18/h1,5-6,8H,7,9H2,2-3H3. The Kier molecular flexibility index (Phi) is 4.82. The molecular formula is C15H14N2O4S2. The van der Waals surface area contributed by atoms with Crippen molar-refractivity contribution in [3.05, 3.63) is 28.6 Å². The number of hydrogen-bond donors (Lipinski definition) is 0. The second kappa shape index (κ2) is 6.48. The number of sulfone groups is 1. The summed E-state index contributed by atoms with van der Waals surface area (Å²) in [5, 5.41) is -1.05. The van der Waals surface area contributed by atoms with Crippen LogP contribution in [0, 0.1) is 19.3 Å². The zero-order valence-corrected chi connectivity index (χ0v) is 14.2. The first-order valence-corrected chi connectivity index (χ1v) is 9.06. The van der Waals surface area contributed by atoms with Crippen molar-refractivity contribution in [2.24, 2.45) is 4.99 Å². The first kappa shape index (κ1) is 17.1. The van der Waals surface area contributed by atoms with Crippen molar-refractivity contribution in [2.45, 2.75) is 20.4 Å². The largest absolute Gasteiger partial charge is 0.305 e. The lowest BCUT2D eigenvalue weighted by Crippen LogP contribution is -2.23. The summed E-state index contributed by atoms with van der Waals surface area (Å²) in [6, 6.07) is 5.71. The molecule has 0 aliphatic heterocycles. The first-order chi connectivity index (χ1) is 10.7. The Morgan fingerprint density at radius 3 is 2.70 bits per heavy atom. The number of aryl methyl sites for hydroxylation is 1. The molecule has 1 heterocycles. The number of benzene rings is 1. The van der Waals surface area contributed by atoms with Crippen LogP contribution in [0.5, 0.6) is 0 Å². The van der Waals surface area contributed by atoms with Gasteiger partial charge in [-0.1, -0.05) is 23.3 Å². The molecule has 2 rings (SSSR count). The van der Waals surface area contributed by atoms with Gasteiger partial charge in [0.2, 0.25) is 15.0 Å². The highest BCUT2D eigenvalue weighted by molar-refractivity contribution is 8.06. The molecule has 0 bridgehead atoms. The van der Waals surface area contributed by atoms with Crippen molar-refractivity contribution in [3.8, 4) is 12.3 Å². The quantitative estimate of drug-likeness (QED) is 0.774. The van der Waals surface area contributed by atoms with E-state index in [0.29, 0.717) is 4.80 Å². The lowest BCUT2D eigenvalue weighted by atomic mass is 10.2. The van der Waals surface area contributed by atoms with Crippen molar-refractivity contribution in [3.63, 3.8) is 0 Å². The number of aromatic nitrogens is 1. The number of carbonyl (C=O) groups is 2. The van der Waals surface area contributed by atoms with Gasteiger partial charge in [-0.2, -0.15) is 4.99 Å². The van der Waals surface area contributed by atoms with Crippen LogP contribution in [0.1, 0.15) is 12.5 Å². The van der Waals surface area contributed by atoms with Gasteiger partial charge in [-0.25, -0.2) is 8.42 Å². The van der Waals surface area contributed by atoms with Crippen LogP contribution in [0.25, 0.3) is 10.2 Å². The number of nitrogens with zero attached hydrogens (tertiary/aromatic N) is 2. The normalized spacial score (nSPS) is 12.3. The smallest absolute Gasteiger partial charge is 0.264 e. The number of rotatable bonds is 3. The van der Waals surface area contributed by atoms with Gasteiger partial charge in [0.05, 0.1) is 16.8 Å². The van der Waals surface area contributed by atoms with E-state index in [1.54, 1.807) is 4.57 Å². The number of thiazole rings is 1. The molecule has 0 spiro atoms. The van der Waals surface area contributed by atoms with Gasteiger partial charge < -0.3 is 4.57 Å². The molecule has 0 aliphatic rings. The van der Waals surface area contributed by atoms with Gasteiger partial charge in [-0.3, -0.25) is 9.59 Å². The Morgan fingerprint density at radius 2 is 2.09 bits per heavy atom. The summed E-state index contributed by atoms with van der Waals surface area (Å²) in [6.07, 6.45) is 5.35. The van der Waals surface area contributed by atoms with Gasteiger partial charge in [-0.05, 0) is 24.6 Å². The van der Waals surface area contributed by atoms with Crippen LogP contribution in [0.3, 0.4) is 0 Å². The van der Waals surface area contributed by atoms with Crippen molar-refractivity contribution in [2.75, 3.05) is 5.75 Å². The number of hydrogen-bond acceptors (Lipinski definition) is 5. The third-order valence-corrected chi connectivity index (χ3v) is 5.60. The molecule has 0 aliphatic carbocycles. The van der Waals surface area contributed by atoms with E-state index in [1.807, 2.05) is 25.1 Å². The molecule has 8 heteroatoms. The van der Waals surface area contributed by atoms with Crippen LogP contribution in [0.2, 0.25) is 0 Å². The van der Waals surface area contributed by atoms with E-state index in [9.17, 15) is 18.0 Å². The van der Waals surface area contributed by atoms with Crippen LogP contribution >= 0.6 is 11.3 Å². The monoisotopic (exact) mass is 350 g/mol. The molecule has 1 amide bonds. The molecule has 1 aromatic heterocycles. The molecule has 120 valence electrons. The predicted octanol–water partition coefficient (Wildman–Crippen LogP) is 1.03. The number of amides is 1. The third-order valence-electron chi connectivity index (χ3n) is 3.06. The second-order valence-electron chi connectivity index (χ2n) is 4.90.